The van der Waals surface area contributed by atoms with Crippen LogP contribution in [-0.2, 0) is 11.2 Å². The van der Waals surface area contributed by atoms with Gasteiger partial charge >= 0.3 is 0 Å². The minimum absolute atomic E-state index is 0. The number of carbonyl (C=O) groups excluding carboxylic acids is 1. The van der Waals surface area contributed by atoms with E-state index in [0.29, 0.717) is 18.5 Å². The monoisotopic (exact) mass is 336 g/mol. The Labute approximate surface area is 120 Å². The molecule has 0 saturated heterocycles. The molecule has 0 unspecified atom stereocenters. The lowest BCUT2D eigenvalue weighted by molar-refractivity contribution is -0.123. The molecule has 3 nitrogen and oxygen atoms in total. The van der Waals surface area contributed by atoms with Gasteiger partial charge in [0.1, 0.15) is 5.82 Å². The van der Waals surface area contributed by atoms with Gasteiger partial charge in [-0.3, -0.25) is 4.79 Å². The lowest BCUT2D eigenvalue weighted by Crippen LogP contribution is -2.43. The molecule has 100 valence electrons. The molecule has 0 heterocycles. The van der Waals surface area contributed by atoms with Crippen LogP contribution in [0.2, 0.25) is 0 Å². The number of nitrogens with two attached hydrogens (primary N) is 1. The van der Waals surface area contributed by atoms with E-state index < -0.39 is 5.54 Å². The van der Waals surface area contributed by atoms with Crippen LogP contribution in [0, 0.1) is 5.82 Å². The predicted molar refractivity (Wildman–Crippen MR) is 74.2 cm³/mol. The van der Waals surface area contributed by atoms with Crippen LogP contribution in [0.3, 0.4) is 0 Å². The maximum Gasteiger partial charge on any atom is 0.240 e. The molecule has 18 heavy (non-hydrogen) atoms. The third-order valence-electron chi connectivity index (χ3n) is 2.93. The smallest absolute Gasteiger partial charge is 0.240 e. The summed E-state index contributed by atoms with van der Waals surface area (Å²) in [5, 5.41) is 2.73. The Morgan fingerprint density at radius 3 is 2.78 bits per heavy atom. The SMILES string of the molecule is Cl.NC1(C(=O)NCCc2cc(Br)ccc2F)CC1. The van der Waals surface area contributed by atoms with E-state index in [-0.39, 0.29) is 24.1 Å². The minimum atomic E-state index is -0.657. The molecule has 3 N–H and O–H groups in total. The van der Waals surface area contributed by atoms with Gasteiger partial charge in [0.05, 0.1) is 5.54 Å². The Morgan fingerprint density at radius 1 is 1.50 bits per heavy atom. The number of amides is 1. The Balaban J connectivity index is 0.00000162. The van der Waals surface area contributed by atoms with Gasteiger partial charge in [-0.2, -0.15) is 0 Å². The second kappa shape index (κ2) is 5.99. The van der Waals surface area contributed by atoms with E-state index >= 15 is 0 Å². The van der Waals surface area contributed by atoms with E-state index in [2.05, 4.69) is 21.2 Å². The largest absolute Gasteiger partial charge is 0.354 e. The molecule has 0 aromatic heterocycles. The zero-order chi connectivity index (χ0) is 12.5. The molecule has 1 aromatic carbocycles. The Morgan fingerprint density at radius 2 is 2.17 bits per heavy atom. The van der Waals surface area contributed by atoms with Crippen LogP contribution in [0.1, 0.15) is 18.4 Å². The number of rotatable bonds is 4. The van der Waals surface area contributed by atoms with Gasteiger partial charge in [-0.1, -0.05) is 15.9 Å². The lowest BCUT2D eigenvalue weighted by atomic mass is 10.1. The molecule has 0 atom stereocenters. The van der Waals surface area contributed by atoms with E-state index in [1.807, 2.05) is 0 Å². The molecule has 1 aliphatic carbocycles. The number of carbonyl (C=O) groups is 1. The highest BCUT2D eigenvalue weighted by molar-refractivity contribution is 9.10. The first-order valence-electron chi connectivity index (χ1n) is 5.52. The topological polar surface area (TPSA) is 55.1 Å². The highest BCUT2D eigenvalue weighted by Gasteiger charge is 2.45. The highest BCUT2D eigenvalue weighted by atomic mass is 79.9. The van der Waals surface area contributed by atoms with Gasteiger partial charge in [-0.05, 0) is 43.0 Å². The van der Waals surface area contributed by atoms with Gasteiger partial charge < -0.3 is 11.1 Å². The molecule has 0 aliphatic heterocycles. The first-order valence-corrected chi connectivity index (χ1v) is 6.32. The van der Waals surface area contributed by atoms with E-state index in [9.17, 15) is 9.18 Å². The molecule has 1 amide bonds. The molecule has 2 rings (SSSR count). The average Bonchev–Trinajstić information content (AvgIpc) is 3.03. The fraction of sp³-hybridized carbons (Fsp3) is 0.417. The number of nitrogens with one attached hydrogen (secondary N) is 1. The van der Waals surface area contributed by atoms with Gasteiger partial charge in [-0.25, -0.2) is 4.39 Å². The minimum Gasteiger partial charge on any atom is -0.354 e. The lowest BCUT2D eigenvalue weighted by Gasteiger charge is -2.10. The quantitative estimate of drug-likeness (QED) is 0.884. The van der Waals surface area contributed by atoms with E-state index in [1.54, 1.807) is 12.1 Å². The summed E-state index contributed by atoms with van der Waals surface area (Å²) in [5.74, 6) is -0.385. The first kappa shape index (κ1) is 15.4. The maximum atomic E-state index is 13.4. The van der Waals surface area contributed by atoms with Crippen molar-refractivity contribution in [3.63, 3.8) is 0 Å². The molecule has 1 fully saturated rings. The molecule has 1 aliphatic rings. The Hall–Kier alpha value is -0.650. The normalized spacial score (nSPS) is 15.7. The Kier molecular flexibility index (Phi) is 5.13. The number of hydrogen-bond acceptors (Lipinski definition) is 2. The molecular weight excluding hydrogens is 323 g/mol. The molecule has 0 spiro atoms. The van der Waals surface area contributed by atoms with E-state index in [1.165, 1.54) is 6.07 Å². The summed E-state index contributed by atoms with van der Waals surface area (Å²) in [6.07, 6.45) is 1.95. The van der Waals surface area contributed by atoms with Crippen molar-refractivity contribution in [3.05, 3.63) is 34.1 Å². The predicted octanol–water partition coefficient (Wildman–Crippen LogP) is 2.16. The van der Waals surface area contributed by atoms with Crippen molar-refractivity contribution < 1.29 is 9.18 Å². The molecule has 1 saturated carbocycles. The molecule has 1 aromatic rings. The second-order valence-corrected chi connectivity index (χ2v) is 5.31. The van der Waals surface area contributed by atoms with Crippen molar-refractivity contribution >= 4 is 34.2 Å². The van der Waals surface area contributed by atoms with Crippen LogP contribution in [0.5, 0.6) is 0 Å². The van der Waals surface area contributed by atoms with Crippen LogP contribution in [0.15, 0.2) is 22.7 Å². The van der Waals surface area contributed by atoms with Gasteiger partial charge in [0.15, 0.2) is 0 Å². The van der Waals surface area contributed by atoms with Gasteiger partial charge in [0.2, 0.25) is 5.91 Å². The van der Waals surface area contributed by atoms with E-state index in [0.717, 1.165) is 17.3 Å². The third kappa shape index (κ3) is 3.67. The van der Waals surface area contributed by atoms with Crippen molar-refractivity contribution in [2.24, 2.45) is 5.73 Å². The fourth-order valence-corrected chi connectivity index (χ4v) is 1.99. The van der Waals surface area contributed by atoms with Crippen LogP contribution < -0.4 is 11.1 Å². The molecular formula is C12H15BrClFN2O. The van der Waals surface area contributed by atoms with Crippen LogP contribution in [0.4, 0.5) is 4.39 Å². The van der Waals surface area contributed by atoms with Crippen LogP contribution in [0.25, 0.3) is 0 Å². The molecule has 0 radical (unpaired) electrons. The zero-order valence-electron chi connectivity index (χ0n) is 9.71. The molecule has 0 bridgehead atoms. The summed E-state index contributed by atoms with van der Waals surface area (Å²) >= 11 is 3.28. The number of hydrogen-bond donors (Lipinski definition) is 2. The van der Waals surface area contributed by atoms with Crippen LogP contribution in [-0.4, -0.2) is 18.0 Å². The zero-order valence-corrected chi connectivity index (χ0v) is 12.1. The van der Waals surface area contributed by atoms with Crippen molar-refractivity contribution in [1.82, 2.24) is 5.32 Å². The third-order valence-corrected chi connectivity index (χ3v) is 3.42. The summed E-state index contributed by atoms with van der Waals surface area (Å²) in [6.45, 7) is 0.408. The second-order valence-electron chi connectivity index (χ2n) is 4.40. The summed E-state index contributed by atoms with van der Waals surface area (Å²) in [5.41, 5.74) is 5.66. The van der Waals surface area contributed by atoms with Crippen molar-refractivity contribution in [3.8, 4) is 0 Å². The average molecular weight is 338 g/mol. The number of benzene rings is 1. The standard InChI is InChI=1S/C12H14BrFN2O.ClH/c13-9-1-2-10(14)8(7-9)3-6-16-11(17)12(15)4-5-12;/h1-2,7H,3-6,15H2,(H,16,17);1H. The molecule has 6 heteroatoms. The Bertz CT molecular complexity index is 452. The summed E-state index contributed by atoms with van der Waals surface area (Å²) < 4.78 is 14.2. The van der Waals surface area contributed by atoms with Crippen LogP contribution >= 0.6 is 28.3 Å². The van der Waals surface area contributed by atoms with E-state index in [4.69, 9.17) is 5.73 Å². The van der Waals surface area contributed by atoms with Crippen molar-refractivity contribution in [2.45, 2.75) is 24.8 Å². The van der Waals surface area contributed by atoms with Crippen molar-refractivity contribution in [2.75, 3.05) is 6.54 Å². The van der Waals surface area contributed by atoms with Crippen molar-refractivity contribution in [1.29, 1.82) is 0 Å². The fourth-order valence-electron chi connectivity index (χ4n) is 1.58. The summed E-state index contributed by atoms with van der Waals surface area (Å²) in [7, 11) is 0. The highest BCUT2D eigenvalue weighted by Crippen LogP contribution is 2.32. The van der Waals surface area contributed by atoms with Gasteiger partial charge in [0.25, 0.3) is 0 Å². The maximum absolute atomic E-state index is 13.4. The van der Waals surface area contributed by atoms with Gasteiger partial charge in [0, 0.05) is 11.0 Å². The van der Waals surface area contributed by atoms with Gasteiger partial charge in [-0.15, -0.1) is 12.4 Å². The first-order chi connectivity index (χ1) is 8.01. The summed E-state index contributed by atoms with van der Waals surface area (Å²) in [4.78, 5) is 11.5. The number of halogens is 3. The summed E-state index contributed by atoms with van der Waals surface area (Å²) in [6, 6.07) is 4.78.